The molecule has 7 heteroatoms. The number of hydrogen-bond acceptors (Lipinski definition) is 4. The van der Waals surface area contributed by atoms with Crippen molar-refractivity contribution in [3.05, 3.63) is 18.2 Å². The number of amides is 1. The van der Waals surface area contributed by atoms with Crippen molar-refractivity contribution < 1.29 is 14.7 Å². The number of nitrogens with one attached hydrogen (secondary N) is 1. The van der Waals surface area contributed by atoms with Crippen molar-refractivity contribution in [1.29, 1.82) is 0 Å². The molecule has 0 aliphatic carbocycles. The smallest absolute Gasteiger partial charge is 0.356 e. The Balaban J connectivity index is 2.31. The number of carboxylic acid groups (broad SMARTS) is 1. The fourth-order valence-electron chi connectivity index (χ4n) is 1.28. The van der Waals surface area contributed by atoms with Crippen molar-refractivity contribution in [3.8, 4) is 0 Å². The summed E-state index contributed by atoms with van der Waals surface area (Å²) in [4.78, 5) is 25.5. The molecule has 17 heavy (non-hydrogen) atoms. The molecule has 1 unspecified atom stereocenters. The average molecular weight is 240 g/mol. The van der Waals surface area contributed by atoms with E-state index in [1.54, 1.807) is 11.5 Å². The zero-order valence-corrected chi connectivity index (χ0v) is 9.59. The summed E-state index contributed by atoms with van der Waals surface area (Å²) in [7, 11) is 0. The highest BCUT2D eigenvalue weighted by atomic mass is 16.4. The molecule has 0 saturated carbocycles. The number of aromatic nitrogens is 2. The van der Waals surface area contributed by atoms with Gasteiger partial charge in [0.05, 0.1) is 6.33 Å². The Morgan fingerprint density at radius 1 is 1.65 bits per heavy atom. The van der Waals surface area contributed by atoms with Crippen LogP contribution in [-0.4, -0.2) is 39.1 Å². The van der Waals surface area contributed by atoms with E-state index in [2.05, 4.69) is 10.3 Å². The number of carbonyl (C=O) groups excluding carboxylic acids is 1. The molecule has 0 radical (unpaired) electrons. The van der Waals surface area contributed by atoms with Crippen LogP contribution in [0.1, 0.15) is 23.8 Å². The lowest BCUT2D eigenvalue weighted by molar-refractivity contribution is -0.121. The summed E-state index contributed by atoms with van der Waals surface area (Å²) >= 11 is 0. The lowest BCUT2D eigenvalue weighted by Crippen LogP contribution is -2.31. The summed E-state index contributed by atoms with van der Waals surface area (Å²) in [6, 6.07) is -0.165. The van der Waals surface area contributed by atoms with Crippen LogP contribution in [0.15, 0.2) is 12.5 Å². The van der Waals surface area contributed by atoms with Crippen molar-refractivity contribution in [2.24, 2.45) is 5.73 Å². The third kappa shape index (κ3) is 4.64. The van der Waals surface area contributed by atoms with Gasteiger partial charge in [0, 0.05) is 31.7 Å². The number of imidazole rings is 1. The first-order valence-corrected chi connectivity index (χ1v) is 5.26. The molecule has 0 aliphatic heterocycles. The minimum absolute atomic E-state index is 0.00749. The minimum Gasteiger partial charge on any atom is -0.476 e. The SMILES string of the molecule is CC(N)CC(=O)NCCn1cnc(C(=O)O)c1. The Hall–Kier alpha value is -1.89. The Morgan fingerprint density at radius 3 is 2.88 bits per heavy atom. The van der Waals surface area contributed by atoms with E-state index >= 15 is 0 Å². The lowest BCUT2D eigenvalue weighted by atomic mass is 10.2. The molecule has 94 valence electrons. The normalized spacial score (nSPS) is 12.1. The summed E-state index contributed by atoms with van der Waals surface area (Å²) in [5, 5.41) is 11.3. The fraction of sp³-hybridized carbons (Fsp3) is 0.500. The second-order valence-corrected chi connectivity index (χ2v) is 3.83. The maximum Gasteiger partial charge on any atom is 0.356 e. The molecule has 1 rings (SSSR count). The molecule has 4 N–H and O–H groups in total. The molecule has 7 nitrogen and oxygen atoms in total. The highest BCUT2D eigenvalue weighted by Crippen LogP contribution is 1.95. The van der Waals surface area contributed by atoms with Crippen LogP contribution in [0.3, 0.4) is 0 Å². The van der Waals surface area contributed by atoms with Gasteiger partial charge in [0.1, 0.15) is 0 Å². The van der Waals surface area contributed by atoms with Crippen molar-refractivity contribution >= 4 is 11.9 Å². The second-order valence-electron chi connectivity index (χ2n) is 3.83. The Morgan fingerprint density at radius 2 is 2.35 bits per heavy atom. The minimum atomic E-state index is -1.07. The molecule has 1 amide bonds. The van der Waals surface area contributed by atoms with Gasteiger partial charge in [-0.1, -0.05) is 0 Å². The number of hydrogen-bond donors (Lipinski definition) is 3. The van der Waals surface area contributed by atoms with Gasteiger partial charge in [-0.15, -0.1) is 0 Å². The fourth-order valence-corrected chi connectivity index (χ4v) is 1.28. The molecule has 1 aromatic rings. The number of rotatable bonds is 6. The van der Waals surface area contributed by atoms with Crippen LogP contribution < -0.4 is 11.1 Å². The molecule has 0 saturated heterocycles. The Kier molecular flexibility index (Phi) is 4.65. The zero-order chi connectivity index (χ0) is 12.8. The summed E-state index contributed by atoms with van der Waals surface area (Å²) in [5.41, 5.74) is 5.46. The Bertz CT molecular complexity index is 400. The average Bonchev–Trinajstić information content (AvgIpc) is 2.65. The quantitative estimate of drug-likeness (QED) is 0.617. The molecule has 1 atom stereocenters. The topological polar surface area (TPSA) is 110 Å². The summed E-state index contributed by atoms with van der Waals surface area (Å²) in [6.07, 6.45) is 3.12. The van der Waals surface area contributed by atoms with Gasteiger partial charge in [0.15, 0.2) is 5.69 Å². The van der Waals surface area contributed by atoms with Crippen LogP contribution in [0.5, 0.6) is 0 Å². The maximum atomic E-state index is 11.2. The van der Waals surface area contributed by atoms with Gasteiger partial charge in [-0.05, 0) is 6.92 Å². The van der Waals surface area contributed by atoms with Crippen LogP contribution in [0.25, 0.3) is 0 Å². The highest BCUT2D eigenvalue weighted by Gasteiger charge is 2.07. The van der Waals surface area contributed by atoms with Crippen molar-refractivity contribution in [3.63, 3.8) is 0 Å². The Labute approximate surface area is 98.6 Å². The highest BCUT2D eigenvalue weighted by molar-refractivity contribution is 5.84. The van der Waals surface area contributed by atoms with E-state index in [4.69, 9.17) is 10.8 Å². The van der Waals surface area contributed by atoms with Crippen LogP contribution in [0.4, 0.5) is 0 Å². The summed E-state index contributed by atoms with van der Waals surface area (Å²) in [6.45, 7) is 2.65. The van der Waals surface area contributed by atoms with Gasteiger partial charge in [0.25, 0.3) is 0 Å². The van der Waals surface area contributed by atoms with E-state index in [1.165, 1.54) is 12.5 Å². The van der Waals surface area contributed by atoms with E-state index < -0.39 is 5.97 Å². The molecular formula is C10H16N4O3. The number of carboxylic acids is 1. The van der Waals surface area contributed by atoms with Gasteiger partial charge in [-0.3, -0.25) is 4.79 Å². The number of aromatic carboxylic acids is 1. The van der Waals surface area contributed by atoms with Gasteiger partial charge >= 0.3 is 5.97 Å². The molecule has 0 fully saturated rings. The third-order valence-electron chi connectivity index (χ3n) is 2.05. The monoisotopic (exact) mass is 240 g/mol. The van der Waals surface area contributed by atoms with E-state index in [9.17, 15) is 9.59 Å². The molecule has 0 aliphatic rings. The van der Waals surface area contributed by atoms with E-state index in [0.717, 1.165) is 0 Å². The zero-order valence-electron chi connectivity index (χ0n) is 9.59. The van der Waals surface area contributed by atoms with Crippen LogP contribution in [0, 0.1) is 0 Å². The molecule has 0 aromatic carbocycles. The second kappa shape index (κ2) is 6.00. The predicted octanol–water partition coefficient (Wildman–Crippen LogP) is -0.565. The first kappa shape index (κ1) is 13.2. The first-order valence-electron chi connectivity index (χ1n) is 5.26. The third-order valence-corrected chi connectivity index (χ3v) is 2.05. The first-order chi connectivity index (χ1) is 7.99. The van der Waals surface area contributed by atoms with Crippen LogP contribution in [0.2, 0.25) is 0 Å². The number of nitrogens with two attached hydrogens (primary N) is 1. The van der Waals surface area contributed by atoms with Crippen molar-refractivity contribution in [1.82, 2.24) is 14.9 Å². The van der Waals surface area contributed by atoms with E-state index in [-0.39, 0.29) is 24.1 Å². The maximum absolute atomic E-state index is 11.2. The van der Waals surface area contributed by atoms with Crippen LogP contribution in [-0.2, 0) is 11.3 Å². The predicted molar refractivity (Wildman–Crippen MR) is 60.5 cm³/mol. The van der Waals surface area contributed by atoms with Crippen molar-refractivity contribution in [2.45, 2.75) is 25.9 Å². The van der Waals surface area contributed by atoms with Gasteiger partial charge in [0.2, 0.25) is 5.91 Å². The van der Waals surface area contributed by atoms with Gasteiger partial charge < -0.3 is 20.7 Å². The molecule has 1 heterocycles. The standard InChI is InChI=1S/C10H16N4O3/c1-7(11)4-9(15)12-2-3-14-5-8(10(16)17)13-6-14/h5-7H,2-4,11H2,1H3,(H,12,15)(H,16,17). The van der Waals surface area contributed by atoms with Gasteiger partial charge in [-0.2, -0.15) is 0 Å². The molecule has 1 aromatic heterocycles. The van der Waals surface area contributed by atoms with Crippen LogP contribution >= 0.6 is 0 Å². The number of carbonyl (C=O) groups is 2. The molecule has 0 spiro atoms. The molecular weight excluding hydrogens is 224 g/mol. The lowest BCUT2D eigenvalue weighted by Gasteiger charge is -2.07. The van der Waals surface area contributed by atoms with E-state index in [1.807, 2.05) is 0 Å². The molecule has 0 bridgehead atoms. The summed E-state index contributed by atoms with van der Waals surface area (Å²) < 4.78 is 1.61. The summed E-state index contributed by atoms with van der Waals surface area (Å²) in [5.74, 6) is -1.18. The largest absolute Gasteiger partial charge is 0.476 e. The number of nitrogens with zero attached hydrogens (tertiary/aromatic N) is 2. The van der Waals surface area contributed by atoms with Crippen molar-refractivity contribution in [2.75, 3.05) is 6.54 Å². The van der Waals surface area contributed by atoms with E-state index in [0.29, 0.717) is 13.1 Å². The van der Waals surface area contributed by atoms with Gasteiger partial charge in [-0.25, -0.2) is 9.78 Å².